The highest BCUT2D eigenvalue weighted by molar-refractivity contribution is 7.92. The lowest BCUT2D eigenvalue weighted by atomic mass is 9.96. The van der Waals surface area contributed by atoms with Gasteiger partial charge < -0.3 is 10.6 Å². The minimum Gasteiger partial charge on any atom is -0.352 e. The SMILES string of the molecule is CCCS(=O)(=O)Nc1cccc(C(=O)NCCC2CCCNC2)c1. The van der Waals surface area contributed by atoms with Crippen LogP contribution < -0.4 is 15.4 Å². The molecule has 134 valence electrons. The lowest BCUT2D eigenvalue weighted by Crippen LogP contribution is -2.33. The number of rotatable bonds is 8. The average Bonchev–Trinajstić information content (AvgIpc) is 2.55. The van der Waals surface area contributed by atoms with E-state index in [1.165, 1.54) is 12.8 Å². The van der Waals surface area contributed by atoms with Crippen LogP contribution in [0.2, 0.25) is 0 Å². The summed E-state index contributed by atoms with van der Waals surface area (Å²) in [6, 6.07) is 6.60. The van der Waals surface area contributed by atoms with Crippen LogP contribution in [-0.2, 0) is 10.0 Å². The summed E-state index contributed by atoms with van der Waals surface area (Å²) in [7, 11) is -3.35. The van der Waals surface area contributed by atoms with Crippen molar-refractivity contribution in [1.29, 1.82) is 0 Å². The monoisotopic (exact) mass is 353 g/mol. The Labute approximate surface area is 144 Å². The molecule has 0 bridgehead atoms. The molecule has 7 heteroatoms. The predicted octanol–water partition coefficient (Wildman–Crippen LogP) is 1.96. The van der Waals surface area contributed by atoms with Crippen LogP contribution in [0.4, 0.5) is 5.69 Å². The van der Waals surface area contributed by atoms with E-state index in [-0.39, 0.29) is 11.7 Å². The molecule has 3 N–H and O–H groups in total. The third-order valence-electron chi connectivity index (χ3n) is 4.11. The van der Waals surface area contributed by atoms with Crippen LogP contribution in [0, 0.1) is 5.92 Å². The molecule has 0 radical (unpaired) electrons. The summed E-state index contributed by atoms with van der Waals surface area (Å²) in [6.45, 7) is 4.55. The molecule has 0 aromatic heterocycles. The zero-order valence-electron chi connectivity index (χ0n) is 14.2. The van der Waals surface area contributed by atoms with Gasteiger partial charge in [-0.15, -0.1) is 0 Å². The molecule has 1 heterocycles. The van der Waals surface area contributed by atoms with Gasteiger partial charge in [0, 0.05) is 17.8 Å². The molecular weight excluding hydrogens is 326 g/mol. The Balaban J connectivity index is 1.86. The number of benzene rings is 1. The van der Waals surface area contributed by atoms with Gasteiger partial charge in [0.2, 0.25) is 10.0 Å². The van der Waals surface area contributed by atoms with Crippen LogP contribution in [0.3, 0.4) is 0 Å². The molecule has 1 saturated heterocycles. The Morgan fingerprint density at radius 2 is 2.21 bits per heavy atom. The lowest BCUT2D eigenvalue weighted by Gasteiger charge is -2.22. The number of carbonyl (C=O) groups excluding carboxylic acids is 1. The van der Waals surface area contributed by atoms with E-state index >= 15 is 0 Å². The van der Waals surface area contributed by atoms with Crippen molar-refractivity contribution in [3.63, 3.8) is 0 Å². The van der Waals surface area contributed by atoms with E-state index in [4.69, 9.17) is 0 Å². The van der Waals surface area contributed by atoms with Gasteiger partial charge in [-0.1, -0.05) is 13.0 Å². The first-order chi connectivity index (χ1) is 11.5. The van der Waals surface area contributed by atoms with Crippen LogP contribution >= 0.6 is 0 Å². The normalized spacial score (nSPS) is 18.1. The third-order valence-corrected chi connectivity index (χ3v) is 5.60. The Morgan fingerprint density at radius 3 is 2.92 bits per heavy atom. The largest absolute Gasteiger partial charge is 0.352 e. The van der Waals surface area contributed by atoms with E-state index in [1.807, 2.05) is 6.92 Å². The molecule has 24 heavy (non-hydrogen) atoms. The van der Waals surface area contributed by atoms with E-state index in [0.717, 1.165) is 19.5 Å². The predicted molar refractivity (Wildman–Crippen MR) is 96.7 cm³/mol. The third kappa shape index (κ3) is 6.13. The van der Waals surface area contributed by atoms with Crippen LogP contribution in [0.15, 0.2) is 24.3 Å². The van der Waals surface area contributed by atoms with Crippen molar-refractivity contribution in [3.05, 3.63) is 29.8 Å². The first kappa shape index (κ1) is 18.7. The van der Waals surface area contributed by atoms with Crippen molar-refractivity contribution >= 4 is 21.6 Å². The second-order valence-electron chi connectivity index (χ2n) is 6.26. The van der Waals surface area contributed by atoms with Gasteiger partial charge in [0.05, 0.1) is 5.75 Å². The number of piperidine rings is 1. The van der Waals surface area contributed by atoms with Crippen LogP contribution in [0.25, 0.3) is 0 Å². The maximum absolute atomic E-state index is 12.2. The number of amides is 1. The molecule has 2 rings (SSSR count). The van der Waals surface area contributed by atoms with Crippen molar-refractivity contribution in [2.45, 2.75) is 32.6 Å². The fraction of sp³-hybridized carbons (Fsp3) is 0.588. The highest BCUT2D eigenvalue weighted by Crippen LogP contribution is 2.14. The van der Waals surface area contributed by atoms with Gasteiger partial charge in [0.25, 0.3) is 5.91 Å². The van der Waals surface area contributed by atoms with Crippen LogP contribution in [0.5, 0.6) is 0 Å². The number of hydrogen-bond acceptors (Lipinski definition) is 4. The minimum absolute atomic E-state index is 0.0683. The molecule has 1 aromatic rings. The highest BCUT2D eigenvalue weighted by Gasteiger charge is 2.14. The van der Waals surface area contributed by atoms with E-state index in [9.17, 15) is 13.2 Å². The number of nitrogens with one attached hydrogen (secondary N) is 3. The van der Waals surface area contributed by atoms with E-state index in [1.54, 1.807) is 24.3 Å². The van der Waals surface area contributed by atoms with Gasteiger partial charge in [-0.2, -0.15) is 0 Å². The van der Waals surface area contributed by atoms with E-state index in [0.29, 0.717) is 30.1 Å². The summed E-state index contributed by atoms with van der Waals surface area (Å²) >= 11 is 0. The molecule has 0 aliphatic carbocycles. The van der Waals surface area contributed by atoms with Crippen molar-refractivity contribution < 1.29 is 13.2 Å². The zero-order chi connectivity index (χ0) is 17.4. The molecule has 1 amide bonds. The van der Waals surface area contributed by atoms with Gasteiger partial charge in [0.1, 0.15) is 0 Å². The summed E-state index contributed by atoms with van der Waals surface area (Å²) in [4.78, 5) is 12.2. The molecule has 0 spiro atoms. The number of anilines is 1. The Kier molecular flexibility index (Phi) is 7.05. The van der Waals surface area contributed by atoms with Crippen molar-refractivity contribution in [1.82, 2.24) is 10.6 Å². The second-order valence-corrected chi connectivity index (χ2v) is 8.10. The Hall–Kier alpha value is -1.60. The molecule has 1 aromatic carbocycles. The average molecular weight is 353 g/mol. The standard InChI is InChI=1S/C17H27N3O3S/c1-2-11-24(22,23)20-16-7-3-6-15(12-16)17(21)19-10-8-14-5-4-9-18-13-14/h3,6-7,12,14,18,20H,2,4-5,8-11,13H2,1H3,(H,19,21). The maximum Gasteiger partial charge on any atom is 0.251 e. The molecule has 1 unspecified atom stereocenters. The van der Waals surface area contributed by atoms with Gasteiger partial charge in [-0.05, 0) is 62.9 Å². The van der Waals surface area contributed by atoms with Crippen LogP contribution in [0.1, 0.15) is 43.0 Å². The summed E-state index contributed by atoms with van der Waals surface area (Å²) in [5, 5.41) is 6.28. The second kappa shape index (κ2) is 9.03. The Morgan fingerprint density at radius 1 is 1.38 bits per heavy atom. The minimum atomic E-state index is -3.35. The fourth-order valence-electron chi connectivity index (χ4n) is 2.89. The topological polar surface area (TPSA) is 87.3 Å². The number of sulfonamides is 1. The first-order valence-electron chi connectivity index (χ1n) is 8.59. The smallest absolute Gasteiger partial charge is 0.251 e. The summed E-state index contributed by atoms with van der Waals surface area (Å²) < 4.78 is 26.1. The lowest BCUT2D eigenvalue weighted by molar-refractivity contribution is 0.0950. The molecule has 1 aliphatic heterocycles. The van der Waals surface area contributed by atoms with Crippen molar-refractivity contribution in [2.24, 2.45) is 5.92 Å². The zero-order valence-corrected chi connectivity index (χ0v) is 15.0. The fourth-order valence-corrected chi connectivity index (χ4v) is 4.01. The molecule has 1 fully saturated rings. The van der Waals surface area contributed by atoms with E-state index in [2.05, 4.69) is 15.4 Å². The van der Waals surface area contributed by atoms with E-state index < -0.39 is 10.0 Å². The first-order valence-corrected chi connectivity index (χ1v) is 10.2. The maximum atomic E-state index is 12.2. The molecule has 6 nitrogen and oxygen atoms in total. The van der Waals surface area contributed by atoms with Gasteiger partial charge in [0.15, 0.2) is 0 Å². The van der Waals surface area contributed by atoms with Gasteiger partial charge >= 0.3 is 0 Å². The summed E-state index contributed by atoms with van der Waals surface area (Å²) in [6.07, 6.45) is 3.91. The number of hydrogen-bond donors (Lipinski definition) is 3. The number of carbonyl (C=O) groups is 1. The Bertz CT molecular complexity index is 640. The molecule has 0 saturated carbocycles. The van der Waals surface area contributed by atoms with Crippen molar-refractivity contribution in [3.8, 4) is 0 Å². The molecule has 1 atom stereocenters. The quantitative estimate of drug-likeness (QED) is 0.667. The molecule has 1 aliphatic rings. The summed E-state index contributed by atoms with van der Waals surface area (Å²) in [5.41, 5.74) is 0.890. The highest BCUT2D eigenvalue weighted by atomic mass is 32.2. The summed E-state index contributed by atoms with van der Waals surface area (Å²) in [5.74, 6) is 0.514. The van der Waals surface area contributed by atoms with Crippen LogP contribution in [-0.4, -0.2) is 39.7 Å². The van der Waals surface area contributed by atoms with Crippen molar-refractivity contribution in [2.75, 3.05) is 30.1 Å². The van der Waals surface area contributed by atoms with Gasteiger partial charge in [-0.25, -0.2) is 8.42 Å². The van der Waals surface area contributed by atoms with Gasteiger partial charge in [-0.3, -0.25) is 9.52 Å². The molecular formula is C17H27N3O3S.